The quantitative estimate of drug-likeness (QED) is 0.843. The van der Waals surface area contributed by atoms with Crippen LogP contribution in [0, 0.1) is 0 Å². The first kappa shape index (κ1) is 16.8. The Morgan fingerprint density at radius 2 is 1.96 bits per heavy atom. The summed E-state index contributed by atoms with van der Waals surface area (Å²) < 4.78 is 23.4. The molecule has 3 rings (SSSR count). The molecule has 1 aromatic carbocycles. The number of hydrogen-bond acceptors (Lipinski definition) is 6. The van der Waals surface area contributed by atoms with Crippen molar-refractivity contribution in [2.75, 3.05) is 16.8 Å². The predicted molar refractivity (Wildman–Crippen MR) is 97.7 cm³/mol. The fraction of sp³-hybridized carbons (Fsp3) is 0.214. The second kappa shape index (κ2) is 6.86. The van der Waals surface area contributed by atoms with Gasteiger partial charge in [0.1, 0.15) is 9.77 Å². The van der Waals surface area contributed by atoms with Gasteiger partial charge in [0.15, 0.2) is 0 Å². The molecule has 5 nitrogen and oxygen atoms in total. The number of rotatable bonds is 4. The topological polar surface area (TPSA) is 89.3 Å². The highest BCUT2D eigenvalue weighted by Gasteiger charge is 2.22. The number of hydrogen-bond donors (Lipinski definition) is 2. The van der Waals surface area contributed by atoms with Gasteiger partial charge in [-0.25, -0.2) is 13.6 Å². The summed E-state index contributed by atoms with van der Waals surface area (Å²) >= 11 is 4.82. The molecule has 9 heteroatoms. The second-order valence-electron chi connectivity index (χ2n) is 4.81. The van der Waals surface area contributed by atoms with E-state index in [1.54, 1.807) is 6.07 Å². The molecule has 0 bridgehead atoms. The van der Waals surface area contributed by atoms with Gasteiger partial charge in [0, 0.05) is 17.2 Å². The van der Waals surface area contributed by atoms with Crippen LogP contribution < -0.4 is 10.5 Å². The molecule has 23 heavy (non-hydrogen) atoms. The van der Waals surface area contributed by atoms with Crippen molar-refractivity contribution in [3.63, 3.8) is 0 Å². The number of thioether (sulfide) groups is 2. The molecule has 122 valence electrons. The van der Waals surface area contributed by atoms with E-state index in [2.05, 4.69) is 5.32 Å². The maximum atomic E-state index is 12.3. The summed E-state index contributed by atoms with van der Waals surface area (Å²) in [5.74, 6) is 1.78. The van der Waals surface area contributed by atoms with Crippen LogP contribution in [0.5, 0.6) is 0 Å². The number of anilines is 1. The van der Waals surface area contributed by atoms with Gasteiger partial charge in [-0.2, -0.15) is 0 Å². The monoisotopic (exact) mass is 386 g/mol. The van der Waals surface area contributed by atoms with E-state index in [4.69, 9.17) is 5.14 Å². The molecule has 1 aromatic heterocycles. The Balaban J connectivity index is 1.81. The van der Waals surface area contributed by atoms with Crippen LogP contribution in [0.1, 0.15) is 19.8 Å². The highest BCUT2D eigenvalue weighted by atomic mass is 32.2. The van der Waals surface area contributed by atoms with E-state index in [1.165, 1.54) is 11.4 Å². The highest BCUT2D eigenvalue weighted by molar-refractivity contribution is 8.19. The average Bonchev–Trinajstić information content (AvgIpc) is 3.18. The third-order valence-electron chi connectivity index (χ3n) is 3.18. The maximum Gasteiger partial charge on any atom is 0.267 e. The summed E-state index contributed by atoms with van der Waals surface area (Å²) in [4.78, 5) is 12.3. The minimum Gasteiger partial charge on any atom is -0.321 e. The molecule has 0 saturated carbocycles. The smallest absolute Gasteiger partial charge is 0.267 e. The minimum atomic E-state index is -3.91. The zero-order valence-electron chi connectivity index (χ0n) is 11.9. The van der Waals surface area contributed by atoms with Crippen molar-refractivity contribution in [1.82, 2.24) is 0 Å². The summed E-state index contributed by atoms with van der Waals surface area (Å²) in [7, 11) is -3.91. The van der Waals surface area contributed by atoms with Gasteiger partial charge in [0.25, 0.3) is 5.91 Å². The first-order valence-corrected chi connectivity index (χ1v) is 11.2. The van der Waals surface area contributed by atoms with Crippen LogP contribution in [-0.2, 0) is 10.0 Å². The third-order valence-corrected chi connectivity index (χ3v) is 8.28. The molecule has 1 fully saturated rings. The van der Waals surface area contributed by atoms with Crippen molar-refractivity contribution in [2.24, 2.45) is 5.14 Å². The molecular weight excluding hydrogens is 372 g/mol. The molecule has 1 amide bonds. The van der Waals surface area contributed by atoms with E-state index < -0.39 is 15.9 Å². The molecule has 3 N–H and O–H groups in total. The van der Waals surface area contributed by atoms with Crippen molar-refractivity contribution >= 4 is 56.5 Å². The zero-order chi connectivity index (χ0) is 16.4. The largest absolute Gasteiger partial charge is 0.321 e. The summed E-state index contributed by atoms with van der Waals surface area (Å²) in [5, 5.41) is 9.43. The van der Waals surface area contributed by atoms with E-state index in [-0.39, 0.29) is 9.77 Å². The van der Waals surface area contributed by atoms with Gasteiger partial charge in [-0.1, -0.05) is 12.1 Å². The van der Waals surface area contributed by atoms with Crippen LogP contribution in [0.3, 0.4) is 0 Å². The lowest BCUT2D eigenvalue weighted by Crippen LogP contribution is -2.18. The van der Waals surface area contributed by atoms with Gasteiger partial charge >= 0.3 is 0 Å². The second-order valence-corrected chi connectivity index (χ2v) is 9.98. The van der Waals surface area contributed by atoms with E-state index in [0.29, 0.717) is 10.3 Å². The van der Waals surface area contributed by atoms with Crippen molar-refractivity contribution in [3.8, 4) is 0 Å². The number of nitrogens with one attached hydrogen (secondary N) is 1. The molecule has 1 aliphatic rings. The van der Waals surface area contributed by atoms with Gasteiger partial charge < -0.3 is 5.32 Å². The van der Waals surface area contributed by atoms with Gasteiger partial charge in [-0.3, -0.25) is 4.79 Å². The van der Waals surface area contributed by atoms with Crippen LogP contribution in [0.15, 0.2) is 40.6 Å². The highest BCUT2D eigenvalue weighted by Crippen LogP contribution is 2.45. The van der Waals surface area contributed by atoms with Gasteiger partial charge in [-0.05, 0) is 29.1 Å². The molecule has 0 atom stereocenters. The SMILES string of the molecule is NS(=O)(=O)c1ccsc1C(=O)Nc1cccc(C2SCCS2)c1. The van der Waals surface area contributed by atoms with E-state index >= 15 is 0 Å². The lowest BCUT2D eigenvalue weighted by molar-refractivity contribution is 0.102. The third kappa shape index (κ3) is 3.92. The number of carbonyl (C=O) groups excluding carboxylic acids is 1. The predicted octanol–water partition coefficient (Wildman–Crippen LogP) is 3.13. The Labute approximate surface area is 147 Å². The van der Waals surface area contributed by atoms with E-state index in [0.717, 1.165) is 28.4 Å². The Hall–Kier alpha value is -1.000. The zero-order valence-corrected chi connectivity index (χ0v) is 15.2. The van der Waals surface area contributed by atoms with E-state index in [1.807, 2.05) is 41.7 Å². The summed E-state index contributed by atoms with van der Waals surface area (Å²) in [6.07, 6.45) is 0. The number of thiophene rings is 1. The number of amides is 1. The van der Waals surface area contributed by atoms with Crippen molar-refractivity contribution < 1.29 is 13.2 Å². The molecule has 0 spiro atoms. The molecule has 0 unspecified atom stereocenters. The van der Waals surface area contributed by atoms with Crippen molar-refractivity contribution in [3.05, 3.63) is 46.2 Å². The van der Waals surface area contributed by atoms with Crippen LogP contribution in [0.2, 0.25) is 0 Å². The number of carbonyl (C=O) groups is 1. The summed E-state index contributed by atoms with van der Waals surface area (Å²) in [6, 6.07) is 8.98. The first-order chi connectivity index (χ1) is 10.9. The normalized spacial score (nSPS) is 15.7. The summed E-state index contributed by atoms with van der Waals surface area (Å²) in [6.45, 7) is 0. The lowest BCUT2D eigenvalue weighted by Gasteiger charge is -2.11. The number of nitrogens with two attached hydrogens (primary N) is 1. The molecule has 1 aliphatic heterocycles. The fourth-order valence-electron chi connectivity index (χ4n) is 2.19. The molecule has 1 saturated heterocycles. The molecule has 2 heterocycles. The minimum absolute atomic E-state index is 0.0996. The standard InChI is InChI=1S/C14H14N2O3S4/c15-23(18,19)11-4-5-20-12(11)13(17)16-10-3-1-2-9(8-10)14-21-6-7-22-14/h1-5,8,14H,6-7H2,(H,16,17)(H2,15,18,19). The van der Waals surface area contributed by atoms with E-state index in [9.17, 15) is 13.2 Å². The number of primary sulfonamides is 1. The number of sulfonamides is 1. The maximum absolute atomic E-state index is 12.3. The van der Waals surface area contributed by atoms with Crippen LogP contribution in [-0.4, -0.2) is 25.8 Å². The molecular formula is C14H14N2O3S4. The van der Waals surface area contributed by atoms with Gasteiger partial charge in [0.05, 0.1) is 4.58 Å². The molecule has 2 aromatic rings. The Bertz CT molecular complexity index is 826. The van der Waals surface area contributed by atoms with Crippen LogP contribution in [0.25, 0.3) is 0 Å². The lowest BCUT2D eigenvalue weighted by atomic mass is 10.2. The van der Waals surface area contributed by atoms with Crippen LogP contribution in [0.4, 0.5) is 5.69 Å². The average molecular weight is 387 g/mol. The van der Waals surface area contributed by atoms with Crippen molar-refractivity contribution in [2.45, 2.75) is 9.48 Å². The van der Waals surface area contributed by atoms with Gasteiger partial charge in [-0.15, -0.1) is 34.9 Å². The number of benzene rings is 1. The van der Waals surface area contributed by atoms with Crippen molar-refractivity contribution in [1.29, 1.82) is 0 Å². The Kier molecular flexibility index (Phi) is 5.02. The Morgan fingerprint density at radius 3 is 2.65 bits per heavy atom. The van der Waals surface area contributed by atoms with Gasteiger partial charge in [0.2, 0.25) is 10.0 Å². The fourth-order valence-corrected chi connectivity index (χ4v) is 6.90. The molecule has 0 aliphatic carbocycles. The van der Waals surface area contributed by atoms with Crippen LogP contribution >= 0.6 is 34.9 Å². The molecule has 0 radical (unpaired) electrons. The first-order valence-electron chi connectivity index (χ1n) is 6.70. The Morgan fingerprint density at radius 1 is 1.22 bits per heavy atom. The summed E-state index contributed by atoms with van der Waals surface area (Å²) in [5.41, 5.74) is 1.79.